The van der Waals surface area contributed by atoms with Gasteiger partial charge in [-0.05, 0) is 0 Å². The van der Waals surface area contributed by atoms with E-state index in [1.54, 1.807) is 0 Å². The molecule has 0 heterocycles. The summed E-state index contributed by atoms with van der Waals surface area (Å²) < 4.78 is 108. The molecule has 0 aliphatic rings. The van der Waals surface area contributed by atoms with Crippen LogP contribution in [0.25, 0.3) is 0 Å². The number of hydrogen-bond acceptors (Lipinski definition) is 1. The standard InChI is InChI=1S/C6H7F8O3P/c7-3(8)5(11,12)6(13,14)4(9,10)1-2-18(15,16)17/h3H,1-2H2,(H2,15,16,17). The summed E-state index contributed by atoms with van der Waals surface area (Å²) in [7, 11) is -5.15. The zero-order chi connectivity index (χ0) is 15.0. The van der Waals surface area contributed by atoms with Crippen molar-refractivity contribution in [3.63, 3.8) is 0 Å². The predicted molar refractivity (Wildman–Crippen MR) is 42.4 cm³/mol. The van der Waals surface area contributed by atoms with E-state index in [1.165, 1.54) is 0 Å². The van der Waals surface area contributed by atoms with Crippen molar-refractivity contribution in [2.24, 2.45) is 0 Å². The molecule has 0 fully saturated rings. The summed E-state index contributed by atoms with van der Waals surface area (Å²) in [6, 6.07) is 0. The Kier molecular flexibility index (Phi) is 4.82. The molecule has 0 spiro atoms. The Bertz CT molecular complexity index is 338. The van der Waals surface area contributed by atoms with Crippen LogP contribution in [0.2, 0.25) is 0 Å². The summed E-state index contributed by atoms with van der Waals surface area (Å²) in [6.45, 7) is 0. The highest BCUT2D eigenvalue weighted by molar-refractivity contribution is 7.51. The second-order valence-corrected chi connectivity index (χ2v) is 5.12. The Morgan fingerprint density at radius 2 is 1.39 bits per heavy atom. The molecular formula is C6H7F8O3P. The molecule has 2 N–H and O–H groups in total. The van der Waals surface area contributed by atoms with Crippen molar-refractivity contribution in [2.45, 2.75) is 30.6 Å². The molecule has 0 rings (SSSR count). The maximum atomic E-state index is 12.7. The summed E-state index contributed by atoms with van der Waals surface area (Å²) in [5, 5.41) is 0. The van der Waals surface area contributed by atoms with Gasteiger partial charge in [0.25, 0.3) is 0 Å². The quantitative estimate of drug-likeness (QED) is 0.586. The summed E-state index contributed by atoms with van der Waals surface area (Å²) in [4.78, 5) is 16.3. The molecule has 0 radical (unpaired) electrons. The van der Waals surface area contributed by atoms with Gasteiger partial charge in [-0.15, -0.1) is 0 Å². The highest BCUT2D eigenvalue weighted by Gasteiger charge is 2.74. The Morgan fingerprint density at radius 1 is 1.00 bits per heavy atom. The van der Waals surface area contributed by atoms with Crippen LogP contribution in [0.3, 0.4) is 0 Å². The molecule has 0 aromatic carbocycles. The second kappa shape index (κ2) is 4.93. The number of rotatable bonds is 6. The fourth-order valence-electron chi connectivity index (χ4n) is 0.824. The van der Waals surface area contributed by atoms with Crippen LogP contribution in [-0.2, 0) is 4.57 Å². The SMILES string of the molecule is O=P(O)(O)CCC(F)(F)C(F)(F)C(F)(F)C(F)F. The molecule has 12 heteroatoms. The lowest BCUT2D eigenvalue weighted by Crippen LogP contribution is -2.57. The summed E-state index contributed by atoms with van der Waals surface area (Å²) in [5.41, 5.74) is 0. The minimum absolute atomic E-state index is 1.84. The average Bonchev–Trinajstić information content (AvgIpc) is 2.13. The molecule has 0 saturated heterocycles. The van der Waals surface area contributed by atoms with Crippen molar-refractivity contribution in [3.05, 3.63) is 0 Å². The van der Waals surface area contributed by atoms with E-state index < -0.39 is 44.4 Å². The zero-order valence-electron chi connectivity index (χ0n) is 8.27. The molecule has 0 bridgehead atoms. The molecular weight excluding hydrogens is 303 g/mol. The second-order valence-electron chi connectivity index (χ2n) is 3.34. The van der Waals surface area contributed by atoms with Crippen LogP contribution in [-0.4, -0.2) is 40.1 Å². The lowest BCUT2D eigenvalue weighted by Gasteiger charge is -2.32. The first-order valence-electron chi connectivity index (χ1n) is 4.11. The Morgan fingerprint density at radius 3 is 1.67 bits per heavy atom. The molecule has 0 unspecified atom stereocenters. The van der Waals surface area contributed by atoms with Gasteiger partial charge in [-0.2, -0.15) is 26.3 Å². The van der Waals surface area contributed by atoms with E-state index in [2.05, 4.69) is 0 Å². The van der Waals surface area contributed by atoms with Gasteiger partial charge in [0.05, 0.1) is 6.16 Å². The molecule has 0 saturated carbocycles. The topological polar surface area (TPSA) is 57.5 Å². The van der Waals surface area contributed by atoms with E-state index in [0.29, 0.717) is 0 Å². The summed E-state index contributed by atoms with van der Waals surface area (Å²) >= 11 is 0. The number of alkyl halides is 8. The molecule has 0 aromatic rings. The van der Waals surface area contributed by atoms with E-state index in [1.807, 2.05) is 0 Å². The molecule has 110 valence electrons. The molecule has 0 aliphatic heterocycles. The van der Waals surface area contributed by atoms with Gasteiger partial charge in [0.15, 0.2) is 0 Å². The zero-order valence-corrected chi connectivity index (χ0v) is 9.16. The van der Waals surface area contributed by atoms with Gasteiger partial charge < -0.3 is 9.79 Å². The lowest BCUT2D eigenvalue weighted by molar-refractivity contribution is -0.338. The van der Waals surface area contributed by atoms with Crippen LogP contribution in [0.5, 0.6) is 0 Å². The first kappa shape index (κ1) is 17.6. The monoisotopic (exact) mass is 310 g/mol. The van der Waals surface area contributed by atoms with E-state index in [9.17, 15) is 39.7 Å². The van der Waals surface area contributed by atoms with E-state index in [4.69, 9.17) is 9.79 Å². The smallest absolute Gasteiger partial charge is 0.324 e. The fraction of sp³-hybridized carbons (Fsp3) is 1.00. The first-order valence-corrected chi connectivity index (χ1v) is 5.91. The lowest BCUT2D eigenvalue weighted by atomic mass is 10.0. The van der Waals surface area contributed by atoms with Crippen LogP contribution >= 0.6 is 7.60 Å². The van der Waals surface area contributed by atoms with Crippen LogP contribution in [0, 0.1) is 0 Å². The van der Waals surface area contributed by atoms with Gasteiger partial charge in [0, 0.05) is 6.42 Å². The van der Waals surface area contributed by atoms with Crippen LogP contribution in [0.15, 0.2) is 0 Å². The average molecular weight is 310 g/mol. The van der Waals surface area contributed by atoms with Crippen LogP contribution in [0.1, 0.15) is 6.42 Å². The third-order valence-electron chi connectivity index (χ3n) is 1.87. The maximum absolute atomic E-state index is 12.7. The third-order valence-corrected chi connectivity index (χ3v) is 2.68. The highest BCUT2D eigenvalue weighted by atomic mass is 31.2. The van der Waals surface area contributed by atoms with E-state index >= 15 is 0 Å². The van der Waals surface area contributed by atoms with Crippen LogP contribution in [0.4, 0.5) is 35.1 Å². The Hall–Kier alpha value is -0.410. The summed E-state index contributed by atoms with van der Waals surface area (Å²) in [6.07, 6.45) is -9.24. The minimum Gasteiger partial charge on any atom is -0.324 e. The third kappa shape index (κ3) is 3.55. The molecule has 3 nitrogen and oxygen atoms in total. The van der Waals surface area contributed by atoms with Crippen molar-refractivity contribution in [3.8, 4) is 0 Å². The predicted octanol–water partition coefficient (Wildman–Crippen LogP) is 2.73. The van der Waals surface area contributed by atoms with Gasteiger partial charge in [-0.1, -0.05) is 0 Å². The van der Waals surface area contributed by atoms with Gasteiger partial charge >= 0.3 is 31.8 Å². The molecule has 0 amide bonds. The van der Waals surface area contributed by atoms with Crippen molar-refractivity contribution in [1.82, 2.24) is 0 Å². The summed E-state index contributed by atoms with van der Waals surface area (Å²) in [5.74, 6) is -18.4. The van der Waals surface area contributed by atoms with Crippen molar-refractivity contribution >= 4 is 7.60 Å². The van der Waals surface area contributed by atoms with Crippen LogP contribution < -0.4 is 0 Å². The van der Waals surface area contributed by atoms with Crippen molar-refractivity contribution < 1.29 is 49.5 Å². The van der Waals surface area contributed by atoms with Crippen molar-refractivity contribution in [1.29, 1.82) is 0 Å². The first-order chi connectivity index (χ1) is 7.65. The van der Waals surface area contributed by atoms with Gasteiger partial charge in [-0.3, -0.25) is 4.57 Å². The van der Waals surface area contributed by atoms with Gasteiger partial charge in [0.2, 0.25) is 0 Å². The largest absolute Gasteiger partial charge is 0.377 e. The van der Waals surface area contributed by atoms with E-state index in [-0.39, 0.29) is 0 Å². The Balaban J connectivity index is 5.14. The van der Waals surface area contributed by atoms with Gasteiger partial charge in [0.1, 0.15) is 0 Å². The van der Waals surface area contributed by atoms with E-state index in [0.717, 1.165) is 0 Å². The number of hydrogen-bond donors (Lipinski definition) is 2. The van der Waals surface area contributed by atoms with Crippen molar-refractivity contribution in [2.75, 3.05) is 6.16 Å². The molecule has 18 heavy (non-hydrogen) atoms. The number of halogens is 8. The van der Waals surface area contributed by atoms with Gasteiger partial charge in [-0.25, -0.2) is 8.78 Å². The Labute approximate surface area is 94.9 Å². The normalized spacial score (nSPS) is 15.3. The maximum Gasteiger partial charge on any atom is 0.377 e. The minimum atomic E-state index is -6.43. The highest BCUT2D eigenvalue weighted by Crippen LogP contribution is 2.51. The molecule has 0 aliphatic carbocycles. The molecule has 0 aromatic heterocycles. The fourth-order valence-corrected chi connectivity index (χ4v) is 1.40. The molecule has 0 atom stereocenters.